The molecule has 0 bridgehead atoms. The number of hydrogen-bond donors (Lipinski definition) is 1. The van der Waals surface area contributed by atoms with Crippen molar-refractivity contribution >= 4 is 27.6 Å². The summed E-state index contributed by atoms with van der Waals surface area (Å²) in [7, 11) is 0. The average molecular weight is 271 g/mol. The van der Waals surface area contributed by atoms with Crippen molar-refractivity contribution in [1.82, 2.24) is 0 Å². The number of nitro benzene ring substituents is 1. The van der Waals surface area contributed by atoms with Crippen molar-refractivity contribution in [2.75, 3.05) is 0 Å². The summed E-state index contributed by atoms with van der Waals surface area (Å²) in [4.78, 5) is 20.4. The molecule has 0 aliphatic rings. The van der Waals surface area contributed by atoms with Crippen molar-refractivity contribution in [3.8, 4) is 6.07 Å². The number of nitriles is 1. The summed E-state index contributed by atoms with van der Waals surface area (Å²) in [5, 5.41) is 27.9. The van der Waals surface area contributed by atoms with E-state index in [2.05, 4.69) is 15.9 Å². The molecule has 0 fully saturated rings. The molecule has 0 spiro atoms. The largest absolute Gasteiger partial charge is 0.478 e. The first kappa shape index (κ1) is 11.1. The maximum absolute atomic E-state index is 10.7. The van der Waals surface area contributed by atoms with Gasteiger partial charge in [0.15, 0.2) is 0 Å². The molecular weight excluding hydrogens is 268 g/mol. The van der Waals surface area contributed by atoms with E-state index in [-0.39, 0.29) is 15.6 Å². The molecule has 0 radical (unpaired) electrons. The zero-order valence-corrected chi connectivity index (χ0v) is 8.69. The molecule has 6 nitrogen and oxygen atoms in total. The van der Waals surface area contributed by atoms with Gasteiger partial charge >= 0.3 is 5.97 Å². The number of hydrogen-bond acceptors (Lipinski definition) is 4. The van der Waals surface area contributed by atoms with Crippen LogP contribution in [0.25, 0.3) is 0 Å². The highest BCUT2D eigenvalue weighted by Crippen LogP contribution is 2.29. The first-order chi connectivity index (χ1) is 6.99. The number of aromatic carboxylic acids is 1. The van der Waals surface area contributed by atoms with Crippen LogP contribution in [0.3, 0.4) is 0 Å². The lowest BCUT2D eigenvalue weighted by Gasteiger charge is -2.01. The molecule has 7 heteroatoms. The minimum absolute atomic E-state index is 0.0771. The van der Waals surface area contributed by atoms with Crippen LogP contribution < -0.4 is 0 Å². The van der Waals surface area contributed by atoms with Crippen LogP contribution in [0.5, 0.6) is 0 Å². The molecule has 0 aliphatic carbocycles. The molecule has 0 unspecified atom stereocenters. The van der Waals surface area contributed by atoms with E-state index in [4.69, 9.17) is 10.4 Å². The third-order valence-electron chi connectivity index (χ3n) is 1.66. The molecule has 1 rings (SSSR count). The van der Waals surface area contributed by atoms with Gasteiger partial charge in [-0.25, -0.2) is 4.79 Å². The summed E-state index contributed by atoms with van der Waals surface area (Å²) in [6.45, 7) is 0. The second-order valence-electron chi connectivity index (χ2n) is 2.50. The second-order valence-corrected chi connectivity index (χ2v) is 3.29. The van der Waals surface area contributed by atoms with Gasteiger partial charge in [0, 0.05) is 6.07 Å². The number of carboxylic acids is 1. The lowest BCUT2D eigenvalue weighted by molar-refractivity contribution is -0.385. The van der Waals surface area contributed by atoms with Crippen molar-refractivity contribution in [2.45, 2.75) is 0 Å². The topological polar surface area (TPSA) is 104 Å². The minimum atomic E-state index is -1.26. The Morgan fingerprint density at radius 2 is 2.20 bits per heavy atom. The van der Waals surface area contributed by atoms with Gasteiger partial charge in [0.25, 0.3) is 5.69 Å². The Kier molecular flexibility index (Phi) is 3.01. The average Bonchev–Trinajstić information content (AvgIpc) is 2.16. The maximum Gasteiger partial charge on any atom is 0.336 e. The van der Waals surface area contributed by atoms with Gasteiger partial charge in [0.05, 0.1) is 15.0 Å². The highest BCUT2D eigenvalue weighted by atomic mass is 79.9. The summed E-state index contributed by atoms with van der Waals surface area (Å²) in [5.41, 5.74) is -0.897. The maximum atomic E-state index is 10.7. The zero-order valence-electron chi connectivity index (χ0n) is 7.10. The first-order valence-corrected chi connectivity index (χ1v) is 4.38. The van der Waals surface area contributed by atoms with Gasteiger partial charge < -0.3 is 5.11 Å². The standard InChI is InChI=1S/C8H3BrN2O4/c9-7-4(8(12)13)1-2-6(11(14)15)5(7)3-10/h1-2H,(H,12,13). The molecule has 15 heavy (non-hydrogen) atoms. The van der Waals surface area contributed by atoms with Crippen LogP contribution in [0.1, 0.15) is 15.9 Å². The molecule has 76 valence electrons. The number of carboxylic acid groups (broad SMARTS) is 1. The third kappa shape index (κ3) is 1.94. The number of nitrogens with zero attached hydrogens (tertiary/aromatic N) is 2. The monoisotopic (exact) mass is 270 g/mol. The van der Waals surface area contributed by atoms with Gasteiger partial charge in [-0.15, -0.1) is 0 Å². The lowest BCUT2D eigenvalue weighted by atomic mass is 10.1. The molecular formula is C8H3BrN2O4. The van der Waals surface area contributed by atoms with E-state index in [9.17, 15) is 14.9 Å². The fraction of sp³-hybridized carbons (Fsp3) is 0. The van der Waals surface area contributed by atoms with Gasteiger partial charge in [-0.1, -0.05) is 0 Å². The quantitative estimate of drug-likeness (QED) is 0.653. The molecule has 1 aromatic rings. The van der Waals surface area contributed by atoms with E-state index in [0.29, 0.717) is 0 Å². The van der Waals surface area contributed by atoms with Crippen LogP contribution in [0.15, 0.2) is 16.6 Å². The highest BCUT2D eigenvalue weighted by molar-refractivity contribution is 9.10. The Hall–Kier alpha value is -1.94. The van der Waals surface area contributed by atoms with Crippen molar-refractivity contribution in [3.05, 3.63) is 37.8 Å². The molecule has 0 atom stereocenters. The minimum Gasteiger partial charge on any atom is -0.478 e. The normalized spacial score (nSPS) is 9.33. The van der Waals surface area contributed by atoms with Crippen LogP contribution in [-0.4, -0.2) is 16.0 Å². The van der Waals surface area contributed by atoms with Crippen LogP contribution in [-0.2, 0) is 0 Å². The molecule has 0 aromatic heterocycles. The number of carbonyl (C=O) groups is 1. The first-order valence-electron chi connectivity index (χ1n) is 3.59. The predicted octanol–water partition coefficient (Wildman–Crippen LogP) is 1.93. The van der Waals surface area contributed by atoms with Crippen molar-refractivity contribution in [3.63, 3.8) is 0 Å². The number of benzene rings is 1. The molecule has 0 saturated heterocycles. The SMILES string of the molecule is N#Cc1c([N+](=O)[O-])ccc(C(=O)O)c1Br. The summed E-state index contributed by atoms with van der Waals surface area (Å²) in [6.07, 6.45) is 0. The lowest BCUT2D eigenvalue weighted by Crippen LogP contribution is -2.01. The predicted molar refractivity (Wildman–Crippen MR) is 52.5 cm³/mol. The third-order valence-corrected chi connectivity index (χ3v) is 2.48. The van der Waals surface area contributed by atoms with Crippen LogP contribution >= 0.6 is 15.9 Å². The molecule has 0 amide bonds. The summed E-state index contributed by atoms with van der Waals surface area (Å²) in [6, 6.07) is 3.66. The van der Waals surface area contributed by atoms with Gasteiger partial charge in [-0.2, -0.15) is 5.26 Å². The molecule has 1 N–H and O–H groups in total. The molecule has 0 aliphatic heterocycles. The zero-order chi connectivity index (χ0) is 11.6. The van der Waals surface area contributed by atoms with Crippen LogP contribution in [0.4, 0.5) is 5.69 Å². The Balaban J connectivity index is 3.55. The molecule has 1 aromatic carbocycles. The Labute approximate surface area is 92.0 Å². The van der Waals surface area contributed by atoms with Crippen molar-refractivity contribution < 1.29 is 14.8 Å². The van der Waals surface area contributed by atoms with Gasteiger partial charge in [0.1, 0.15) is 11.6 Å². The molecule has 0 saturated carbocycles. The Morgan fingerprint density at radius 1 is 1.60 bits per heavy atom. The van der Waals surface area contributed by atoms with Crippen molar-refractivity contribution in [1.29, 1.82) is 5.26 Å². The van der Waals surface area contributed by atoms with Gasteiger partial charge in [-0.05, 0) is 22.0 Å². The smallest absolute Gasteiger partial charge is 0.336 e. The number of rotatable bonds is 2. The van der Waals surface area contributed by atoms with E-state index >= 15 is 0 Å². The van der Waals surface area contributed by atoms with Crippen molar-refractivity contribution in [2.24, 2.45) is 0 Å². The van der Waals surface area contributed by atoms with E-state index in [1.165, 1.54) is 0 Å². The summed E-state index contributed by atoms with van der Waals surface area (Å²) < 4.78 is -0.0771. The Morgan fingerprint density at radius 3 is 2.60 bits per heavy atom. The van der Waals surface area contributed by atoms with Crippen LogP contribution in [0.2, 0.25) is 0 Å². The summed E-state index contributed by atoms with van der Waals surface area (Å²) >= 11 is 2.85. The highest BCUT2D eigenvalue weighted by Gasteiger charge is 2.21. The molecule has 0 heterocycles. The van der Waals surface area contributed by atoms with Gasteiger partial charge in [-0.3, -0.25) is 10.1 Å². The summed E-state index contributed by atoms with van der Waals surface area (Å²) in [5.74, 6) is -1.26. The number of nitro groups is 1. The fourth-order valence-electron chi connectivity index (χ4n) is 0.990. The van der Waals surface area contributed by atoms with E-state index in [1.54, 1.807) is 6.07 Å². The second kappa shape index (κ2) is 4.06. The van der Waals surface area contributed by atoms with E-state index in [0.717, 1.165) is 12.1 Å². The Bertz CT molecular complexity index is 492. The van der Waals surface area contributed by atoms with E-state index < -0.39 is 16.6 Å². The fourth-order valence-corrected chi connectivity index (χ4v) is 1.58. The van der Waals surface area contributed by atoms with E-state index in [1.807, 2.05) is 0 Å². The number of halogens is 1. The van der Waals surface area contributed by atoms with Gasteiger partial charge in [0.2, 0.25) is 0 Å². The van der Waals surface area contributed by atoms with Crippen LogP contribution in [0, 0.1) is 21.4 Å².